The molecule has 6 nitrogen and oxygen atoms in total. The highest BCUT2D eigenvalue weighted by molar-refractivity contribution is 6.06. The van der Waals surface area contributed by atoms with Gasteiger partial charge in [-0.05, 0) is 88.7 Å². The van der Waals surface area contributed by atoms with Gasteiger partial charge in [-0.25, -0.2) is 0 Å². The molecule has 37 heavy (non-hydrogen) atoms. The lowest BCUT2D eigenvalue weighted by Crippen LogP contribution is -2.50. The Morgan fingerprint density at radius 2 is 1.76 bits per heavy atom. The maximum atomic E-state index is 13.2. The van der Waals surface area contributed by atoms with Gasteiger partial charge in [-0.15, -0.1) is 0 Å². The quantitative estimate of drug-likeness (QED) is 0.220. The highest BCUT2D eigenvalue weighted by Crippen LogP contribution is 2.46. The smallest absolute Gasteiger partial charge is 0.257 e. The molecule has 2 aliphatic rings. The highest BCUT2D eigenvalue weighted by atomic mass is 16.2. The van der Waals surface area contributed by atoms with Crippen LogP contribution in [0.4, 0.5) is 5.69 Å². The summed E-state index contributed by atoms with van der Waals surface area (Å²) < 4.78 is 0. The zero-order valence-electron chi connectivity index (χ0n) is 23.6. The van der Waals surface area contributed by atoms with E-state index in [1.807, 2.05) is 13.0 Å². The summed E-state index contributed by atoms with van der Waals surface area (Å²) in [6.07, 6.45) is 14.4. The Labute approximate surface area is 224 Å². The minimum absolute atomic E-state index is 0.295. The number of aldehydes is 2. The largest absolute Gasteiger partial charge is 0.384 e. The van der Waals surface area contributed by atoms with Gasteiger partial charge in [0.1, 0.15) is 6.29 Å². The Morgan fingerprint density at radius 3 is 2.38 bits per heavy atom. The molecule has 3 atom stereocenters. The number of carbonyl (C=O) groups is 3. The maximum Gasteiger partial charge on any atom is 0.257 e. The Bertz CT molecular complexity index is 884. The summed E-state index contributed by atoms with van der Waals surface area (Å²) in [5, 5.41) is 7.29. The molecule has 0 aromatic heterocycles. The zero-order chi connectivity index (χ0) is 26.8. The van der Waals surface area contributed by atoms with E-state index in [4.69, 9.17) is 0 Å². The lowest BCUT2D eigenvalue weighted by atomic mass is 9.62. The number of carbonyl (C=O) groups excluding carboxylic acids is 3. The molecule has 1 amide bonds. The third-order valence-corrected chi connectivity index (χ3v) is 8.58. The first-order chi connectivity index (χ1) is 17.8. The molecule has 206 valence electrons. The SMILES string of the molecule is CCCC(C=O)N(C)C(=O)c1c(C=O)cccc1NCCCCCCNC1(C)CC2CC(C)CC(C2)C1. The summed E-state index contributed by atoms with van der Waals surface area (Å²) in [5.41, 5.74) is 1.68. The summed E-state index contributed by atoms with van der Waals surface area (Å²) >= 11 is 0. The fourth-order valence-corrected chi connectivity index (χ4v) is 6.98. The van der Waals surface area contributed by atoms with Gasteiger partial charge < -0.3 is 20.3 Å². The van der Waals surface area contributed by atoms with E-state index in [1.165, 1.54) is 49.8 Å². The molecule has 2 bridgehead atoms. The number of hydrogen-bond acceptors (Lipinski definition) is 5. The van der Waals surface area contributed by atoms with Gasteiger partial charge in [-0.3, -0.25) is 9.59 Å². The summed E-state index contributed by atoms with van der Waals surface area (Å²) in [7, 11) is 1.64. The summed E-state index contributed by atoms with van der Waals surface area (Å²) in [6.45, 7) is 8.68. The summed E-state index contributed by atoms with van der Waals surface area (Å²) in [5.74, 6) is 2.44. The van der Waals surface area contributed by atoms with Crippen molar-refractivity contribution in [3.8, 4) is 0 Å². The lowest BCUT2D eigenvalue weighted by Gasteiger charge is -2.47. The van der Waals surface area contributed by atoms with Crippen molar-refractivity contribution in [2.45, 2.75) is 103 Å². The number of anilines is 1. The molecule has 2 saturated carbocycles. The standard InChI is InChI=1S/C31H49N3O3/c1-5-11-27(22-36)34(4)30(37)29-26(21-35)12-10-13-28(29)32-14-8-6-7-9-15-33-31(3)19-24-16-23(2)17-25(18-24)20-31/h10,12-13,21-25,27,32-33H,5-9,11,14-20H2,1-4H3. The van der Waals surface area contributed by atoms with Gasteiger partial charge in [0.2, 0.25) is 0 Å². The maximum absolute atomic E-state index is 13.2. The Morgan fingerprint density at radius 1 is 1.08 bits per heavy atom. The van der Waals surface area contributed by atoms with Gasteiger partial charge >= 0.3 is 0 Å². The zero-order valence-corrected chi connectivity index (χ0v) is 23.6. The van der Waals surface area contributed by atoms with Crippen molar-refractivity contribution in [2.75, 3.05) is 25.5 Å². The van der Waals surface area contributed by atoms with E-state index in [0.717, 1.165) is 62.7 Å². The molecular weight excluding hydrogens is 462 g/mol. The Hall–Kier alpha value is -2.21. The first kappa shape index (κ1) is 29.3. The van der Waals surface area contributed by atoms with Crippen molar-refractivity contribution >= 4 is 24.2 Å². The fourth-order valence-electron chi connectivity index (χ4n) is 6.98. The topological polar surface area (TPSA) is 78.5 Å². The summed E-state index contributed by atoms with van der Waals surface area (Å²) in [6, 6.07) is 4.80. The van der Waals surface area contributed by atoms with Gasteiger partial charge in [0.05, 0.1) is 11.6 Å². The first-order valence-electron chi connectivity index (χ1n) is 14.6. The number of unbranched alkanes of at least 4 members (excludes halogenated alkanes) is 3. The molecule has 0 aliphatic heterocycles. The van der Waals surface area contributed by atoms with E-state index < -0.39 is 6.04 Å². The highest BCUT2D eigenvalue weighted by Gasteiger charge is 2.40. The molecular formula is C31H49N3O3. The van der Waals surface area contributed by atoms with Crippen LogP contribution in [0.25, 0.3) is 0 Å². The number of rotatable bonds is 15. The predicted molar refractivity (Wildman–Crippen MR) is 151 cm³/mol. The number of fused-ring (bicyclic) bond motifs is 2. The molecule has 2 N–H and O–H groups in total. The van der Waals surface area contributed by atoms with Crippen molar-refractivity contribution in [3.05, 3.63) is 29.3 Å². The van der Waals surface area contributed by atoms with E-state index in [1.54, 1.807) is 19.2 Å². The van der Waals surface area contributed by atoms with Gasteiger partial charge in [0, 0.05) is 30.4 Å². The van der Waals surface area contributed by atoms with Crippen LogP contribution in [0.15, 0.2) is 18.2 Å². The van der Waals surface area contributed by atoms with Crippen LogP contribution in [0.1, 0.15) is 112 Å². The van der Waals surface area contributed by atoms with Crippen LogP contribution in [0, 0.1) is 17.8 Å². The van der Waals surface area contributed by atoms with E-state index in [0.29, 0.717) is 28.8 Å². The van der Waals surface area contributed by atoms with Crippen LogP contribution in [-0.4, -0.2) is 55.1 Å². The first-order valence-corrected chi connectivity index (χ1v) is 14.6. The molecule has 3 unspecified atom stereocenters. The third kappa shape index (κ3) is 8.13. The molecule has 2 fully saturated rings. The van der Waals surface area contributed by atoms with Gasteiger partial charge in [0.15, 0.2) is 6.29 Å². The van der Waals surface area contributed by atoms with Crippen molar-refractivity contribution in [1.82, 2.24) is 10.2 Å². The molecule has 6 heteroatoms. The molecule has 0 spiro atoms. The molecule has 1 aromatic carbocycles. The van der Waals surface area contributed by atoms with E-state index in [-0.39, 0.29) is 5.91 Å². The molecule has 3 rings (SSSR count). The van der Waals surface area contributed by atoms with Crippen molar-refractivity contribution in [2.24, 2.45) is 17.8 Å². The normalized spacial score (nSPS) is 25.8. The lowest BCUT2D eigenvalue weighted by molar-refractivity contribution is -0.111. The van der Waals surface area contributed by atoms with Crippen molar-refractivity contribution in [3.63, 3.8) is 0 Å². The molecule has 2 aliphatic carbocycles. The fraction of sp³-hybridized carbons (Fsp3) is 0.710. The van der Waals surface area contributed by atoms with Crippen LogP contribution in [0.3, 0.4) is 0 Å². The minimum atomic E-state index is -0.488. The minimum Gasteiger partial charge on any atom is -0.384 e. The molecule has 0 saturated heterocycles. The Balaban J connectivity index is 1.42. The third-order valence-electron chi connectivity index (χ3n) is 8.58. The second-order valence-electron chi connectivity index (χ2n) is 12.1. The van der Waals surface area contributed by atoms with Gasteiger partial charge in [0.25, 0.3) is 5.91 Å². The number of amides is 1. The number of benzene rings is 1. The average molecular weight is 512 g/mol. The van der Waals surface area contributed by atoms with Crippen LogP contribution >= 0.6 is 0 Å². The van der Waals surface area contributed by atoms with Crippen LogP contribution in [0.5, 0.6) is 0 Å². The van der Waals surface area contributed by atoms with Crippen LogP contribution in [0.2, 0.25) is 0 Å². The summed E-state index contributed by atoms with van der Waals surface area (Å²) in [4.78, 5) is 37.9. The number of hydrogen-bond donors (Lipinski definition) is 2. The predicted octanol–water partition coefficient (Wildman–Crippen LogP) is 6.11. The second kappa shape index (κ2) is 14.1. The number of nitrogens with one attached hydrogen (secondary N) is 2. The molecule has 0 heterocycles. The average Bonchev–Trinajstić information content (AvgIpc) is 2.86. The van der Waals surface area contributed by atoms with Gasteiger partial charge in [-0.1, -0.05) is 45.2 Å². The van der Waals surface area contributed by atoms with E-state index in [9.17, 15) is 14.4 Å². The van der Waals surface area contributed by atoms with Crippen molar-refractivity contribution < 1.29 is 14.4 Å². The van der Waals surface area contributed by atoms with Crippen LogP contribution < -0.4 is 10.6 Å². The molecule has 0 radical (unpaired) electrons. The monoisotopic (exact) mass is 511 g/mol. The second-order valence-corrected chi connectivity index (χ2v) is 12.1. The number of nitrogens with zero attached hydrogens (tertiary/aromatic N) is 1. The Kier molecular flexibility index (Phi) is 11.2. The van der Waals surface area contributed by atoms with E-state index >= 15 is 0 Å². The van der Waals surface area contributed by atoms with E-state index in [2.05, 4.69) is 24.5 Å². The number of likely N-dealkylation sites (N-methyl/N-ethyl adjacent to an activating group) is 1. The van der Waals surface area contributed by atoms with Crippen LogP contribution in [-0.2, 0) is 4.79 Å². The van der Waals surface area contributed by atoms with Crippen molar-refractivity contribution in [1.29, 1.82) is 0 Å². The van der Waals surface area contributed by atoms with Gasteiger partial charge in [-0.2, -0.15) is 0 Å². The molecule has 1 aromatic rings.